The molecule has 0 amide bonds. The fourth-order valence-electron chi connectivity index (χ4n) is 3.00. The molecule has 24 heavy (non-hydrogen) atoms. The van der Waals surface area contributed by atoms with Crippen LogP contribution in [0.5, 0.6) is 0 Å². The largest absolute Gasteiger partial charge is 0.357 e. The molecule has 2 N–H and O–H groups in total. The number of nitrogens with zero attached hydrogens (tertiary/aromatic N) is 2. The first-order valence-electron chi connectivity index (χ1n) is 8.70. The first-order chi connectivity index (χ1) is 11.7. The van der Waals surface area contributed by atoms with Crippen LogP contribution >= 0.6 is 11.3 Å². The van der Waals surface area contributed by atoms with Crippen molar-refractivity contribution < 1.29 is 0 Å². The van der Waals surface area contributed by atoms with Crippen LogP contribution in [0.25, 0.3) is 0 Å². The van der Waals surface area contributed by atoms with Gasteiger partial charge < -0.3 is 10.6 Å². The Morgan fingerprint density at radius 1 is 1.29 bits per heavy atom. The van der Waals surface area contributed by atoms with Gasteiger partial charge in [0.05, 0.1) is 10.7 Å². The second-order valence-electron chi connectivity index (χ2n) is 6.25. The van der Waals surface area contributed by atoms with E-state index in [2.05, 4.69) is 60.7 Å². The summed E-state index contributed by atoms with van der Waals surface area (Å²) < 4.78 is 0. The summed E-state index contributed by atoms with van der Waals surface area (Å²) in [4.78, 5) is 10.7. The molecular weight excluding hydrogens is 316 g/mol. The van der Waals surface area contributed by atoms with Crippen molar-refractivity contribution >= 4 is 17.3 Å². The Bertz CT molecular complexity index is 700. The Morgan fingerprint density at radius 2 is 2.12 bits per heavy atom. The van der Waals surface area contributed by atoms with Crippen molar-refractivity contribution in [2.75, 3.05) is 19.6 Å². The molecule has 1 unspecified atom stereocenters. The molecule has 0 fully saturated rings. The molecule has 5 heteroatoms. The highest BCUT2D eigenvalue weighted by atomic mass is 32.1. The van der Waals surface area contributed by atoms with Crippen molar-refractivity contribution in [1.82, 2.24) is 15.6 Å². The molecule has 1 aliphatic rings. The van der Waals surface area contributed by atoms with Gasteiger partial charge in [0.2, 0.25) is 0 Å². The van der Waals surface area contributed by atoms with E-state index < -0.39 is 0 Å². The molecule has 128 valence electrons. The van der Waals surface area contributed by atoms with E-state index >= 15 is 0 Å². The summed E-state index contributed by atoms with van der Waals surface area (Å²) >= 11 is 1.79. The third kappa shape index (κ3) is 3.96. The van der Waals surface area contributed by atoms with Gasteiger partial charge in [-0.05, 0) is 38.3 Å². The predicted molar refractivity (Wildman–Crippen MR) is 102 cm³/mol. The van der Waals surface area contributed by atoms with E-state index in [4.69, 9.17) is 4.99 Å². The van der Waals surface area contributed by atoms with Crippen LogP contribution < -0.4 is 10.6 Å². The van der Waals surface area contributed by atoms with E-state index in [1.165, 1.54) is 21.0 Å². The van der Waals surface area contributed by atoms with Crippen LogP contribution in [-0.2, 0) is 12.8 Å². The summed E-state index contributed by atoms with van der Waals surface area (Å²) in [6.07, 6.45) is 2.09. The lowest BCUT2D eigenvalue weighted by atomic mass is 9.78. The molecule has 0 bridgehead atoms. The number of nitrogens with one attached hydrogen (secondary N) is 2. The molecule has 4 nitrogen and oxygen atoms in total. The van der Waals surface area contributed by atoms with Crippen LogP contribution in [0, 0.1) is 13.8 Å². The van der Waals surface area contributed by atoms with Crippen LogP contribution in [0.1, 0.15) is 39.5 Å². The number of hydrogen-bond acceptors (Lipinski definition) is 3. The summed E-state index contributed by atoms with van der Waals surface area (Å²) in [5.41, 5.74) is 4.09. The molecule has 1 aliphatic carbocycles. The van der Waals surface area contributed by atoms with E-state index in [0.717, 1.165) is 44.1 Å². The van der Waals surface area contributed by atoms with Crippen LogP contribution in [0.2, 0.25) is 0 Å². The molecule has 0 aliphatic heterocycles. The summed E-state index contributed by atoms with van der Waals surface area (Å²) in [6, 6.07) is 8.69. The highest BCUT2D eigenvalue weighted by Gasteiger charge is 2.24. The molecule has 0 spiro atoms. The molecule has 3 rings (SSSR count). The third-order valence-corrected chi connectivity index (χ3v) is 5.61. The second kappa shape index (κ2) is 7.79. The van der Waals surface area contributed by atoms with Crippen molar-refractivity contribution in [3.8, 4) is 0 Å². The lowest BCUT2D eigenvalue weighted by Crippen LogP contribution is -2.39. The number of guanidine groups is 1. The Kier molecular flexibility index (Phi) is 5.51. The molecule has 0 saturated carbocycles. The van der Waals surface area contributed by atoms with Crippen molar-refractivity contribution in [2.45, 2.75) is 39.5 Å². The van der Waals surface area contributed by atoms with Gasteiger partial charge in [-0.15, -0.1) is 11.3 Å². The van der Waals surface area contributed by atoms with Gasteiger partial charge in [0.15, 0.2) is 5.96 Å². The number of aromatic nitrogens is 1. The van der Waals surface area contributed by atoms with E-state index in [0.29, 0.717) is 5.92 Å². The highest BCUT2D eigenvalue weighted by Crippen LogP contribution is 2.34. The van der Waals surface area contributed by atoms with Gasteiger partial charge in [-0.1, -0.05) is 24.3 Å². The van der Waals surface area contributed by atoms with Gasteiger partial charge in [-0.2, -0.15) is 0 Å². The standard InChI is InChI=1S/C19H26N4S/c1-4-20-19(21-10-9-18-23-13(2)14(3)24-18)22-12-16-11-15-7-5-6-8-17(15)16/h5-8,16H,4,9-12H2,1-3H3,(H2,20,21,22). The first kappa shape index (κ1) is 17.0. The molecule has 1 atom stereocenters. The Hall–Kier alpha value is -1.88. The predicted octanol–water partition coefficient (Wildman–Crippen LogP) is 3.20. The Labute approximate surface area is 148 Å². The first-order valence-corrected chi connectivity index (χ1v) is 9.52. The van der Waals surface area contributed by atoms with Crippen LogP contribution in [0.4, 0.5) is 0 Å². The lowest BCUT2D eigenvalue weighted by Gasteiger charge is -2.28. The fraction of sp³-hybridized carbons (Fsp3) is 0.474. The van der Waals surface area contributed by atoms with Crippen molar-refractivity contribution in [3.05, 3.63) is 51.0 Å². The van der Waals surface area contributed by atoms with Crippen LogP contribution in [0.15, 0.2) is 29.3 Å². The van der Waals surface area contributed by atoms with E-state index in [9.17, 15) is 0 Å². The van der Waals surface area contributed by atoms with Gasteiger partial charge >= 0.3 is 0 Å². The normalized spacial score (nSPS) is 16.5. The molecule has 0 saturated heterocycles. The van der Waals surface area contributed by atoms with Gasteiger partial charge in [-0.3, -0.25) is 4.99 Å². The maximum atomic E-state index is 4.77. The SMILES string of the molecule is CCNC(=NCC1Cc2ccccc21)NCCc1nc(C)c(C)s1. The molecular formula is C19H26N4S. The van der Waals surface area contributed by atoms with Crippen LogP contribution in [0.3, 0.4) is 0 Å². The topological polar surface area (TPSA) is 49.3 Å². The minimum Gasteiger partial charge on any atom is -0.357 e. The summed E-state index contributed by atoms with van der Waals surface area (Å²) in [5.74, 6) is 1.48. The summed E-state index contributed by atoms with van der Waals surface area (Å²) in [7, 11) is 0. The third-order valence-electron chi connectivity index (χ3n) is 4.48. The average molecular weight is 343 g/mol. The highest BCUT2D eigenvalue weighted by molar-refractivity contribution is 7.11. The van der Waals surface area contributed by atoms with Gasteiger partial charge in [-0.25, -0.2) is 4.98 Å². The maximum absolute atomic E-state index is 4.77. The Morgan fingerprint density at radius 3 is 2.83 bits per heavy atom. The number of aliphatic imine (C=N–C) groups is 1. The number of fused-ring (bicyclic) bond motifs is 1. The molecule has 1 heterocycles. The van der Waals surface area contributed by atoms with Crippen molar-refractivity contribution in [2.24, 2.45) is 4.99 Å². The zero-order valence-electron chi connectivity index (χ0n) is 14.7. The zero-order chi connectivity index (χ0) is 16.9. The molecule has 1 aromatic carbocycles. The van der Waals surface area contributed by atoms with Crippen LogP contribution in [-0.4, -0.2) is 30.6 Å². The number of benzene rings is 1. The average Bonchev–Trinajstić information content (AvgIpc) is 2.86. The fourth-order valence-corrected chi connectivity index (χ4v) is 3.94. The minimum atomic E-state index is 0.570. The molecule has 1 aromatic heterocycles. The maximum Gasteiger partial charge on any atom is 0.191 e. The lowest BCUT2D eigenvalue weighted by molar-refractivity contribution is 0.614. The monoisotopic (exact) mass is 342 g/mol. The number of aryl methyl sites for hydroxylation is 2. The van der Waals surface area contributed by atoms with E-state index in [1.54, 1.807) is 11.3 Å². The summed E-state index contributed by atoms with van der Waals surface area (Å²) in [6.45, 7) is 8.89. The number of rotatable bonds is 6. The number of thiazole rings is 1. The van der Waals surface area contributed by atoms with Gasteiger partial charge in [0.1, 0.15) is 0 Å². The quantitative estimate of drug-likeness (QED) is 0.626. The van der Waals surface area contributed by atoms with E-state index in [1.807, 2.05) is 0 Å². The molecule has 2 aromatic rings. The van der Waals surface area contributed by atoms with Gasteiger partial charge in [0, 0.05) is 36.9 Å². The van der Waals surface area contributed by atoms with Crippen molar-refractivity contribution in [1.29, 1.82) is 0 Å². The Balaban J connectivity index is 1.51. The number of hydrogen-bond donors (Lipinski definition) is 2. The van der Waals surface area contributed by atoms with E-state index in [-0.39, 0.29) is 0 Å². The van der Waals surface area contributed by atoms with Gasteiger partial charge in [0.25, 0.3) is 0 Å². The smallest absolute Gasteiger partial charge is 0.191 e. The molecule has 0 radical (unpaired) electrons. The zero-order valence-corrected chi connectivity index (χ0v) is 15.5. The van der Waals surface area contributed by atoms with Crippen molar-refractivity contribution in [3.63, 3.8) is 0 Å². The minimum absolute atomic E-state index is 0.570. The summed E-state index contributed by atoms with van der Waals surface area (Å²) in [5, 5.41) is 7.96. The second-order valence-corrected chi connectivity index (χ2v) is 7.53.